The lowest BCUT2D eigenvalue weighted by atomic mass is 10.00. The van der Waals surface area contributed by atoms with Crippen molar-refractivity contribution in [2.45, 2.75) is 36.7 Å². The SMILES string of the molecule is CN=C(NCc1ccc(S(=O)(=O)NC2CC2)cc1)N1CC=C(c2ccccc2)CC1.I. The van der Waals surface area contributed by atoms with Gasteiger partial charge in [0.1, 0.15) is 0 Å². The fourth-order valence-electron chi connectivity index (χ4n) is 3.56. The van der Waals surface area contributed by atoms with E-state index in [0.29, 0.717) is 11.4 Å². The zero-order valence-corrected chi connectivity index (χ0v) is 20.8. The van der Waals surface area contributed by atoms with E-state index in [1.165, 1.54) is 11.1 Å². The van der Waals surface area contributed by atoms with Crippen LogP contribution in [0.25, 0.3) is 5.57 Å². The maximum absolute atomic E-state index is 12.3. The average Bonchev–Trinajstić information content (AvgIpc) is 3.59. The highest BCUT2D eigenvalue weighted by molar-refractivity contribution is 14.0. The Morgan fingerprint density at radius 2 is 1.81 bits per heavy atom. The largest absolute Gasteiger partial charge is 0.352 e. The molecule has 4 rings (SSSR count). The summed E-state index contributed by atoms with van der Waals surface area (Å²) in [6.45, 7) is 2.31. The molecule has 2 aromatic carbocycles. The minimum absolute atomic E-state index is 0. The molecule has 2 aliphatic rings. The average molecular weight is 552 g/mol. The predicted octanol–water partition coefficient (Wildman–Crippen LogP) is 3.61. The van der Waals surface area contributed by atoms with Gasteiger partial charge in [-0.3, -0.25) is 4.99 Å². The standard InChI is InChI=1S/C23H28N4O2S.HI/c1-24-23(27-15-13-20(14-16-27)19-5-3-2-4-6-19)25-17-18-7-11-22(12-8-18)30(28,29)26-21-9-10-21;/h2-8,11-13,21,26H,9-10,14-17H2,1H3,(H,24,25);1H. The van der Waals surface area contributed by atoms with Crippen LogP contribution in [-0.4, -0.2) is 45.5 Å². The Morgan fingerprint density at radius 1 is 1.10 bits per heavy atom. The van der Waals surface area contributed by atoms with Crippen molar-refractivity contribution in [3.63, 3.8) is 0 Å². The van der Waals surface area contributed by atoms with Crippen LogP contribution in [0.4, 0.5) is 0 Å². The van der Waals surface area contributed by atoms with Crippen LogP contribution < -0.4 is 10.0 Å². The summed E-state index contributed by atoms with van der Waals surface area (Å²) in [6.07, 6.45) is 5.10. The molecule has 0 amide bonds. The Hall–Kier alpha value is -1.91. The Morgan fingerprint density at radius 3 is 2.39 bits per heavy atom. The van der Waals surface area contributed by atoms with E-state index >= 15 is 0 Å². The third kappa shape index (κ3) is 6.30. The van der Waals surface area contributed by atoms with Gasteiger partial charge in [0.15, 0.2) is 5.96 Å². The summed E-state index contributed by atoms with van der Waals surface area (Å²) in [4.78, 5) is 6.96. The normalized spacial score (nSPS) is 17.0. The molecule has 6 nitrogen and oxygen atoms in total. The third-order valence-corrected chi connectivity index (χ3v) is 6.98. The van der Waals surface area contributed by atoms with E-state index in [1.54, 1.807) is 19.2 Å². The number of sulfonamides is 1. The number of halogens is 1. The first kappa shape index (κ1) is 23.7. The lowest BCUT2D eigenvalue weighted by Crippen LogP contribution is -2.43. The van der Waals surface area contributed by atoms with Crippen LogP contribution >= 0.6 is 24.0 Å². The molecular weight excluding hydrogens is 523 g/mol. The molecule has 1 heterocycles. The summed E-state index contributed by atoms with van der Waals surface area (Å²) in [5.74, 6) is 0.852. The zero-order valence-electron chi connectivity index (χ0n) is 17.6. The summed E-state index contributed by atoms with van der Waals surface area (Å²) >= 11 is 0. The van der Waals surface area contributed by atoms with Crippen molar-refractivity contribution in [1.82, 2.24) is 14.9 Å². The molecule has 0 bridgehead atoms. The van der Waals surface area contributed by atoms with Crippen LogP contribution in [-0.2, 0) is 16.6 Å². The summed E-state index contributed by atoms with van der Waals surface area (Å²) in [5.41, 5.74) is 3.67. The number of rotatable bonds is 6. The number of benzene rings is 2. The van der Waals surface area contributed by atoms with Crippen LogP contribution in [0, 0.1) is 0 Å². The molecule has 0 radical (unpaired) electrons. The molecule has 1 fully saturated rings. The summed E-state index contributed by atoms with van der Waals surface area (Å²) in [7, 11) is -1.61. The second-order valence-corrected chi connectivity index (χ2v) is 9.45. The minimum Gasteiger partial charge on any atom is -0.352 e. The van der Waals surface area contributed by atoms with Gasteiger partial charge in [0.05, 0.1) is 4.90 Å². The molecular formula is C23H29IN4O2S. The predicted molar refractivity (Wildman–Crippen MR) is 136 cm³/mol. The van der Waals surface area contributed by atoms with E-state index in [9.17, 15) is 8.42 Å². The van der Waals surface area contributed by atoms with Crippen molar-refractivity contribution in [2.24, 2.45) is 4.99 Å². The molecule has 0 saturated heterocycles. The zero-order chi connectivity index (χ0) is 21.0. The monoisotopic (exact) mass is 552 g/mol. The van der Waals surface area contributed by atoms with Crippen molar-refractivity contribution in [2.75, 3.05) is 20.1 Å². The lowest BCUT2D eigenvalue weighted by Gasteiger charge is -2.29. The highest BCUT2D eigenvalue weighted by atomic mass is 127. The molecule has 1 aliphatic heterocycles. The van der Waals surface area contributed by atoms with Crippen molar-refractivity contribution in [3.8, 4) is 0 Å². The van der Waals surface area contributed by atoms with Gasteiger partial charge in [-0.15, -0.1) is 24.0 Å². The smallest absolute Gasteiger partial charge is 0.240 e. The molecule has 31 heavy (non-hydrogen) atoms. The second-order valence-electron chi connectivity index (χ2n) is 7.73. The number of hydrogen-bond acceptors (Lipinski definition) is 3. The molecule has 0 spiro atoms. The van der Waals surface area contributed by atoms with Crippen LogP contribution in [0.1, 0.15) is 30.4 Å². The summed E-state index contributed by atoms with van der Waals surface area (Å²) in [6, 6.07) is 17.6. The highest BCUT2D eigenvalue weighted by Gasteiger charge is 2.27. The van der Waals surface area contributed by atoms with Crippen LogP contribution in [0.15, 0.2) is 70.6 Å². The number of nitrogens with one attached hydrogen (secondary N) is 2. The maximum atomic E-state index is 12.3. The molecule has 0 unspecified atom stereocenters. The van der Waals surface area contributed by atoms with Crippen molar-refractivity contribution >= 4 is 45.5 Å². The van der Waals surface area contributed by atoms with Gasteiger partial charge in [-0.05, 0) is 48.1 Å². The van der Waals surface area contributed by atoms with Crippen molar-refractivity contribution in [1.29, 1.82) is 0 Å². The third-order valence-electron chi connectivity index (χ3n) is 5.45. The first-order chi connectivity index (χ1) is 14.5. The molecule has 0 atom stereocenters. The maximum Gasteiger partial charge on any atom is 0.240 e. The topological polar surface area (TPSA) is 73.8 Å². The Balaban J connectivity index is 0.00000272. The van der Waals surface area contributed by atoms with Gasteiger partial charge in [0.25, 0.3) is 0 Å². The van der Waals surface area contributed by atoms with E-state index in [-0.39, 0.29) is 30.0 Å². The first-order valence-electron chi connectivity index (χ1n) is 10.4. The molecule has 0 aromatic heterocycles. The van der Waals surface area contributed by atoms with Gasteiger partial charge in [-0.1, -0.05) is 48.5 Å². The number of guanidine groups is 1. The molecule has 2 N–H and O–H groups in total. The minimum atomic E-state index is -3.40. The number of hydrogen-bond donors (Lipinski definition) is 2. The van der Waals surface area contributed by atoms with E-state index < -0.39 is 10.0 Å². The Bertz CT molecular complexity index is 1030. The fourth-order valence-corrected chi connectivity index (χ4v) is 4.87. The van der Waals surface area contributed by atoms with E-state index in [4.69, 9.17) is 0 Å². The fraction of sp³-hybridized carbons (Fsp3) is 0.348. The number of nitrogens with zero attached hydrogens (tertiary/aromatic N) is 2. The van der Waals surface area contributed by atoms with Gasteiger partial charge in [0, 0.05) is 32.7 Å². The van der Waals surface area contributed by atoms with Gasteiger partial charge in [0.2, 0.25) is 10.0 Å². The lowest BCUT2D eigenvalue weighted by molar-refractivity contribution is 0.440. The van der Waals surface area contributed by atoms with Gasteiger partial charge < -0.3 is 10.2 Å². The van der Waals surface area contributed by atoms with Gasteiger partial charge in [-0.2, -0.15) is 0 Å². The van der Waals surface area contributed by atoms with Crippen LogP contribution in [0.5, 0.6) is 0 Å². The van der Waals surface area contributed by atoms with Gasteiger partial charge >= 0.3 is 0 Å². The van der Waals surface area contributed by atoms with Crippen LogP contribution in [0.3, 0.4) is 0 Å². The Kier molecular flexibility index (Phi) is 8.12. The summed E-state index contributed by atoms with van der Waals surface area (Å²) < 4.78 is 27.3. The van der Waals surface area contributed by atoms with E-state index in [0.717, 1.165) is 43.9 Å². The highest BCUT2D eigenvalue weighted by Crippen LogP contribution is 2.23. The molecule has 1 saturated carbocycles. The molecule has 8 heteroatoms. The number of aliphatic imine (C=N–C) groups is 1. The van der Waals surface area contributed by atoms with Crippen molar-refractivity contribution < 1.29 is 8.42 Å². The molecule has 166 valence electrons. The van der Waals surface area contributed by atoms with Crippen molar-refractivity contribution in [3.05, 3.63) is 71.8 Å². The second kappa shape index (κ2) is 10.6. The van der Waals surface area contributed by atoms with E-state index in [2.05, 4.69) is 50.3 Å². The summed E-state index contributed by atoms with van der Waals surface area (Å²) in [5, 5.41) is 3.39. The van der Waals surface area contributed by atoms with E-state index in [1.807, 2.05) is 18.2 Å². The quantitative estimate of drug-likeness (QED) is 0.327. The molecule has 2 aromatic rings. The molecule has 1 aliphatic carbocycles. The van der Waals surface area contributed by atoms with Gasteiger partial charge in [-0.25, -0.2) is 13.1 Å². The first-order valence-corrected chi connectivity index (χ1v) is 11.8. The van der Waals surface area contributed by atoms with Crippen LogP contribution in [0.2, 0.25) is 0 Å². The Labute approximate surface area is 201 Å².